The smallest absolute Gasteiger partial charge is 0.329 e. The third-order valence-corrected chi connectivity index (χ3v) is 4.79. The van der Waals surface area contributed by atoms with Crippen LogP contribution < -0.4 is 10.1 Å². The number of esters is 1. The van der Waals surface area contributed by atoms with Gasteiger partial charge in [0.1, 0.15) is 11.8 Å². The molecule has 0 saturated heterocycles. The van der Waals surface area contributed by atoms with Gasteiger partial charge in [-0.15, -0.1) is 10.2 Å². The Morgan fingerprint density at radius 3 is 2.50 bits per heavy atom. The van der Waals surface area contributed by atoms with Crippen LogP contribution in [0.5, 0.6) is 5.75 Å². The molecule has 0 bridgehead atoms. The summed E-state index contributed by atoms with van der Waals surface area (Å²) in [6.45, 7) is 5.66. The minimum atomic E-state index is -0.865. The number of nitrogens with zero attached hydrogens (tertiary/aromatic N) is 2. The van der Waals surface area contributed by atoms with Gasteiger partial charge in [-0.3, -0.25) is 4.79 Å². The fourth-order valence-corrected chi connectivity index (χ4v) is 3.02. The molecule has 0 unspecified atom stereocenters. The lowest BCUT2D eigenvalue weighted by atomic mass is 10.0. The fraction of sp³-hybridized carbons (Fsp3) is 0.304. The van der Waals surface area contributed by atoms with Gasteiger partial charge in [0.05, 0.1) is 12.2 Å². The number of carbonyl (C=O) groups excluding carboxylic acids is 2. The zero-order valence-corrected chi connectivity index (χ0v) is 18.8. The van der Waals surface area contributed by atoms with Crippen molar-refractivity contribution in [2.45, 2.75) is 33.4 Å². The molecule has 0 aliphatic heterocycles. The Morgan fingerprint density at radius 2 is 1.81 bits per heavy atom. The maximum atomic E-state index is 12.8. The molecule has 1 amide bonds. The molecule has 9 heteroatoms. The zero-order chi connectivity index (χ0) is 23.1. The molecule has 1 heterocycles. The van der Waals surface area contributed by atoms with Crippen LogP contribution in [-0.4, -0.2) is 34.7 Å². The van der Waals surface area contributed by atoms with E-state index in [9.17, 15) is 9.59 Å². The highest BCUT2D eigenvalue weighted by Gasteiger charge is 2.27. The first-order valence-corrected chi connectivity index (χ1v) is 10.5. The average molecular weight is 458 g/mol. The van der Waals surface area contributed by atoms with Crippen molar-refractivity contribution in [2.24, 2.45) is 5.92 Å². The number of rotatable bonds is 9. The lowest BCUT2D eigenvalue weighted by molar-refractivity contribution is -0.149. The minimum absolute atomic E-state index is 0.138. The number of hydrogen-bond acceptors (Lipinski definition) is 7. The SMILES string of the molecule is CCOc1ccccc1C(=O)N[C@H](C(=O)OCc1nnc(-c2ccc(Cl)cc2)o1)C(C)C. The van der Waals surface area contributed by atoms with Gasteiger partial charge in [-0.2, -0.15) is 0 Å². The molecular weight excluding hydrogens is 434 g/mol. The van der Waals surface area contributed by atoms with Crippen LogP contribution in [0.3, 0.4) is 0 Å². The van der Waals surface area contributed by atoms with Crippen molar-refractivity contribution in [1.82, 2.24) is 15.5 Å². The summed E-state index contributed by atoms with van der Waals surface area (Å²) < 4.78 is 16.4. The highest BCUT2D eigenvalue weighted by atomic mass is 35.5. The Kier molecular flexibility index (Phi) is 7.83. The normalized spacial score (nSPS) is 11.8. The maximum absolute atomic E-state index is 12.8. The summed E-state index contributed by atoms with van der Waals surface area (Å²) in [6, 6.07) is 12.9. The number of hydrogen-bond donors (Lipinski definition) is 1. The maximum Gasteiger partial charge on any atom is 0.329 e. The number of amides is 1. The van der Waals surface area contributed by atoms with Crippen LogP contribution in [-0.2, 0) is 16.1 Å². The van der Waals surface area contributed by atoms with Crippen molar-refractivity contribution < 1.29 is 23.5 Å². The second kappa shape index (κ2) is 10.8. The average Bonchev–Trinajstić information content (AvgIpc) is 3.25. The van der Waals surface area contributed by atoms with E-state index in [-0.39, 0.29) is 24.3 Å². The number of nitrogens with one attached hydrogen (secondary N) is 1. The molecular formula is C23H24ClN3O5. The Labute approximate surface area is 190 Å². The summed E-state index contributed by atoms with van der Waals surface area (Å²) in [4.78, 5) is 25.4. The van der Waals surface area contributed by atoms with Crippen LogP contribution in [0.1, 0.15) is 37.0 Å². The molecule has 1 N–H and O–H groups in total. The fourth-order valence-electron chi connectivity index (χ4n) is 2.90. The van der Waals surface area contributed by atoms with E-state index >= 15 is 0 Å². The highest BCUT2D eigenvalue weighted by molar-refractivity contribution is 6.30. The largest absolute Gasteiger partial charge is 0.493 e. The van der Waals surface area contributed by atoms with Gasteiger partial charge >= 0.3 is 5.97 Å². The molecule has 32 heavy (non-hydrogen) atoms. The van der Waals surface area contributed by atoms with Crippen LogP contribution >= 0.6 is 11.6 Å². The molecule has 8 nitrogen and oxygen atoms in total. The molecule has 0 aliphatic carbocycles. The number of halogens is 1. The third-order valence-electron chi connectivity index (χ3n) is 4.53. The summed E-state index contributed by atoms with van der Waals surface area (Å²) in [7, 11) is 0. The first-order valence-electron chi connectivity index (χ1n) is 10.2. The van der Waals surface area contributed by atoms with Crippen molar-refractivity contribution >= 4 is 23.5 Å². The standard InChI is InChI=1S/C23H24ClN3O5/c1-4-30-18-8-6-5-7-17(18)21(28)25-20(14(2)3)23(29)31-13-19-26-27-22(32-19)15-9-11-16(24)12-10-15/h5-12,14,20H,4,13H2,1-3H3,(H,25,28)/t20-/m0/s1. The number of para-hydroxylation sites is 1. The lowest BCUT2D eigenvalue weighted by Gasteiger charge is -2.21. The van der Waals surface area contributed by atoms with Gasteiger partial charge in [0.25, 0.3) is 11.8 Å². The van der Waals surface area contributed by atoms with E-state index in [1.165, 1.54) is 0 Å². The van der Waals surface area contributed by atoms with E-state index in [4.69, 9.17) is 25.5 Å². The van der Waals surface area contributed by atoms with Crippen LogP contribution in [0.25, 0.3) is 11.5 Å². The molecule has 168 valence electrons. The van der Waals surface area contributed by atoms with E-state index in [2.05, 4.69) is 15.5 Å². The Balaban J connectivity index is 1.63. The van der Waals surface area contributed by atoms with Crippen molar-refractivity contribution in [3.63, 3.8) is 0 Å². The first kappa shape index (κ1) is 23.3. The third kappa shape index (κ3) is 5.85. The van der Waals surface area contributed by atoms with Gasteiger partial charge < -0.3 is 19.2 Å². The molecule has 0 aliphatic rings. The van der Waals surface area contributed by atoms with Crippen molar-refractivity contribution in [1.29, 1.82) is 0 Å². The van der Waals surface area contributed by atoms with Crippen LogP contribution in [0, 0.1) is 5.92 Å². The highest BCUT2D eigenvalue weighted by Crippen LogP contribution is 2.21. The van der Waals surface area contributed by atoms with Crippen molar-refractivity contribution in [2.75, 3.05) is 6.61 Å². The van der Waals surface area contributed by atoms with Gasteiger partial charge in [0.2, 0.25) is 5.89 Å². The van der Waals surface area contributed by atoms with Crippen molar-refractivity contribution in [3.05, 3.63) is 65.0 Å². The van der Waals surface area contributed by atoms with E-state index in [0.29, 0.717) is 28.5 Å². The summed E-state index contributed by atoms with van der Waals surface area (Å²) in [5.41, 5.74) is 1.04. The molecule has 0 radical (unpaired) electrons. The molecule has 2 aromatic carbocycles. The molecule has 0 spiro atoms. The van der Waals surface area contributed by atoms with Gasteiger partial charge in [0, 0.05) is 10.6 Å². The molecule has 3 aromatic rings. The zero-order valence-electron chi connectivity index (χ0n) is 18.0. The predicted octanol–water partition coefficient (Wildman–Crippen LogP) is 4.29. The summed E-state index contributed by atoms with van der Waals surface area (Å²) in [6.07, 6.45) is 0. The topological polar surface area (TPSA) is 104 Å². The number of aromatic nitrogens is 2. The Hall–Kier alpha value is -3.39. The number of benzene rings is 2. The van der Waals surface area contributed by atoms with Gasteiger partial charge in [-0.05, 0) is 49.2 Å². The predicted molar refractivity (Wildman–Crippen MR) is 118 cm³/mol. The van der Waals surface area contributed by atoms with Crippen LogP contribution in [0.15, 0.2) is 52.9 Å². The van der Waals surface area contributed by atoms with Crippen LogP contribution in [0.2, 0.25) is 5.02 Å². The Morgan fingerprint density at radius 1 is 1.09 bits per heavy atom. The van der Waals surface area contributed by atoms with E-state index < -0.39 is 17.9 Å². The van der Waals surface area contributed by atoms with Gasteiger partial charge in [-0.1, -0.05) is 37.6 Å². The quantitative estimate of drug-likeness (QED) is 0.478. The monoisotopic (exact) mass is 457 g/mol. The second-order valence-electron chi connectivity index (χ2n) is 7.24. The van der Waals surface area contributed by atoms with E-state index in [1.807, 2.05) is 20.8 Å². The number of ether oxygens (including phenoxy) is 2. The van der Waals surface area contributed by atoms with Crippen LogP contribution in [0.4, 0.5) is 0 Å². The second-order valence-corrected chi connectivity index (χ2v) is 7.68. The molecule has 0 fully saturated rings. The molecule has 1 atom stereocenters. The Bertz CT molecular complexity index is 1070. The lowest BCUT2D eigenvalue weighted by Crippen LogP contribution is -2.45. The molecule has 1 aromatic heterocycles. The first-order chi connectivity index (χ1) is 15.4. The summed E-state index contributed by atoms with van der Waals surface area (Å²) in [5.74, 6) is -0.365. The molecule has 0 saturated carbocycles. The number of carbonyl (C=O) groups is 2. The molecule has 3 rings (SSSR count). The van der Waals surface area contributed by atoms with Gasteiger partial charge in [0.15, 0.2) is 6.61 Å². The van der Waals surface area contributed by atoms with Crippen molar-refractivity contribution in [3.8, 4) is 17.2 Å². The summed E-state index contributed by atoms with van der Waals surface area (Å²) >= 11 is 5.88. The minimum Gasteiger partial charge on any atom is -0.493 e. The van der Waals surface area contributed by atoms with E-state index in [1.54, 1.807) is 48.5 Å². The van der Waals surface area contributed by atoms with E-state index in [0.717, 1.165) is 0 Å². The van der Waals surface area contributed by atoms with Gasteiger partial charge in [-0.25, -0.2) is 4.79 Å². The summed E-state index contributed by atoms with van der Waals surface area (Å²) in [5, 5.41) is 11.2.